The van der Waals surface area contributed by atoms with E-state index in [4.69, 9.17) is 9.15 Å². The third-order valence-electron chi connectivity index (χ3n) is 4.67. The molecule has 0 atom stereocenters. The molecular formula is C23H23NO4. The van der Waals surface area contributed by atoms with Gasteiger partial charge in [-0.1, -0.05) is 30.3 Å². The number of carbonyl (C=O) groups excluding carboxylic acids is 2. The maximum absolute atomic E-state index is 12.3. The van der Waals surface area contributed by atoms with E-state index >= 15 is 0 Å². The van der Waals surface area contributed by atoms with Gasteiger partial charge in [-0.2, -0.15) is 0 Å². The van der Waals surface area contributed by atoms with Gasteiger partial charge in [-0.05, 0) is 50.1 Å². The molecule has 28 heavy (non-hydrogen) atoms. The van der Waals surface area contributed by atoms with Crippen molar-refractivity contribution < 1.29 is 18.7 Å². The zero-order chi connectivity index (χ0) is 20.1. The van der Waals surface area contributed by atoms with Crippen molar-refractivity contribution in [1.29, 1.82) is 0 Å². The van der Waals surface area contributed by atoms with Gasteiger partial charge in [0.15, 0.2) is 5.78 Å². The van der Waals surface area contributed by atoms with Crippen LogP contribution in [0.2, 0.25) is 0 Å². The van der Waals surface area contributed by atoms with Gasteiger partial charge in [0.05, 0.1) is 6.42 Å². The highest BCUT2D eigenvalue weighted by molar-refractivity contribution is 5.97. The van der Waals surface area contributed by atoms with Gasteiger partial charge in [-0.3, -0.25) is 9.59 Å². The smallest absolute Gasteiger partial charge is 0.306 e. The van der Waals surface area contributed by atoms with Crippen molar-refractivity contribution in [3.8, 4) is 11.5 Å². The van der Waals surface area contributed by atoms with Crippen LogP contribution in [0.4, 0.5) is 0 Å². The molecule has 1 aromatic heterocycles. The van der Waals surface area contributed by atoms with Crippen LogP contribution < -0.4 is 0 Å². The molecule has 0 saturated carbocycles. The Bertz CT molecular complexity index is 989. The molecule has 1 heterocycles. The molecule has 0 amide bonds. The largest absolute Gasteiger partial charge is 0.459 e. The number of rotatable bonds is 7. The van der Waals surface area contributed by atoms with Crippen molar-refractivity contribution in [2.45, 2.75) is 40.2 Å². The Balaban J connectivity index is 1.52. The van der Waals surface area contributed by atoms with Crippen LogP contribution >= 0.6 is 0 Å². The second-order valence-corrected chi connectivity index (χ2v) is 6.77. The van der Waals surface area contributed by atoms with Crippen LogP contribution in [0.5, 0.6) is 0 Å². The summed E-state index contributed by atoms with van der Waals surface area (Å²) in [5.74, 6) is 0.608. The molecule has 144 valence electrons. The highest BCUT2D eigenvalue weighted by atomic mass is 16.5. The van der Waals surface area contributed by atoms with Crippen LogP contribution in [0.1, 0.15) is 45.8 Å². The summed E-state index contributed by atoms with van der Waals surface area (Å²) in [5, 5.41) is 0. The van der Waals surface area contributed by atoms with E-state index < -0.39 is 5.97 Å². The molecule has 0 unspecified atom stereocenters. The van der Waals surface area contributed by atoms with Crippen LogP contribution in [-0.2, 0) is 16.1 Å². The zero-order valence-electron chi connectivity index (χ0n) is 16.3. The van der Waals surface area contributed by atoms with Gasteiger partial charge < -0.3 is 9.15 Å². The van der Waals surface area contributed by atoms with E-state index in [2.05, 4.69) is 4.98 Å². The molecule has 3 rings (SSSR count). The summed E-state index contributed by atoms with van der Waals surface area (Å²) in [6.45, 7) is 5.77. The summed E-state index contributed by atoms with van der Waals surface area (Å²) in [5.41, 5.74) is 4.25. The number of esters is 1. The Morgan fingerprint density at radius 1 is 0.964 bits per heavy atom. The second kappa shape index (κ2) is 8.65. The third-order valence-corrected chi connectivity index (χ3v) is 4.67. The van der Waals surface area contributed by atoms with Crippen LogP contribution in [-0.4, -0.2) is 16.7 Å². The minimum Gasteiger partial charge on any atom is -0.459 e. The van der Waals surface area contributed by atoms with Crippen molar-refractivity contribution in [3.63, 3.8) is 0 Å². The molecule has 0 aliphatic rings. The Kier molecular flexibility index (Phi) is 6.04. The number of ketones is 1. The predicted molar refractivity (Wildman–Crippen MR) is 106 cm³/mol. The minimum atomic E-state index is -0.430. The Labute approximate surface area is 164 Å². The van der Waals surface area contributed by atoms with Crippen LogP contribution in [0, 0.1) is 20.8 Å². The summed E-state index contributed by atoms with van der Waals surface area (Å²) in [6, 6.07) is 15.1. The van der Waals surface area contributed by atoms with E-state index in [1.807, 2.05) is 56.3 Å². The number of benzene rings is 2. The molecule has 0 saturated heterocycles. The average Bonchev–Trinajstić information content (AvgIpc) is 3.08. The van der Waals surface area contributed by atoms with E-state index in [9.17, 15) is 9.59 Å². The normalized spacial score (nSPS) is 10.7. The SMILES string of the molecule is Cc1ccc(C(=O)CCC(=O)OCc2nc(-c3ccccc3)oc2C)cc1C. The molecular weight excluding hydrogens is 354 g/mol. The van der Waals surface area contributed by atoms with E-state index in [0.717, 1.165) is 16.7 Å². The first kappa shape index (κ1) is 19.5. The van der Waals surface area contributed by atoms with Gasteiger partial charge in [-0.25, -0.2) is 4.98 Å². The fraction of sp³-hybridized carbons (Fsp3) is 0.261. The molecule has 0 radical (unpaired) electrons. The molecule has 2 aromatic carbocycles. The van der Waals surface area contributed by atoms with Crippen LogP contribution in [0.3, 0.4) is 0 Å². The molecule has 0 N–H and O–H groups in total. The van der Waals surface area contributed by atoms with Crippen molar-refractivity contribution in [1.82, 2.24) is 4.98 Å². The van der Waals surface area contributed by atoms with E-state index in [1.165, 1.54) is 0 Å². The first-order chi connectivity index (χ1) is 13.4. The van der Waals surface area contributed by atoms with E-state index in [0.29, 0.717) is 22.9 Å². The predicted octanol–water partition coefficient (Wildman–Crippen LogP) is 4.97. The summed E-state index contributed by atoms with van der Waals surface area (Å²) < 4.78 is 10.9. The standard InChI is InChI=1S/C23H23NO4/c1-15-9-10-19(13-16(15)2)21(25)11-12-22(26)27-14-20-17(3)28-23(24-20)18-7-5-4-6-8-18/h4-10,13H,11-12,14H2,1-3H3. The van der Waals surface area contributed by atoms with Gasteiger partial charge >= 0.3 is 5.97 Å². The van der Waals surface area contributed by atoms with Gasteiger partial charge in [0.25, 0.3) is 0 Å². The number of hydrogen-bond donors (Lipinski definition) is 0. The van der Waals surface area contributed by atoms with Crippen molar-refractivity contribution in [2.24, 2.45) is 0 Å². The third kappa shape index (κ3) is 4.74. The fourth-order valence-corrected chi connectivity index (χ4v) is 2.76. The Hall–Kier alpha value is -3.21. The number of ether oxygens (including phenoxy) is 1. The first-order valence-corrected chi connectivity index (χ1v) is 9.22. The molecule has 5 heteroatoms. The number of nitrogens with zero attached hydrogens (tertiary/aromatic N) is 1. The number of aromatic nitrogens is 1. The molecule has 0 aliphatic heterocycles. The first-order valence-electron chi connectivity index (χ1n) is 9.22. The molecule has 0 bridgehead atoms. The van der Waals surface area contributed by atoms with Crippen molar-refractivity contribution >= 4 is 11.8 Å². The maximum atomic E-state index is 12.3. The highest BCUT2D eigenvalue weighted by Gasteiger charge is 2.15. The Morgan fingerprint density at radius 3 is 2.43 bits per heavy atom. The topological polar surface area (TPSA) is 69.4 Å². The number of oxazole rings is 1. The quantitative estimate of drug-likeness (QED) is 0.429. The lowest BCUT2D eigenvalue weighted by atomic mass is 10.0. The average molecular weight is 377 g/mol. The van der Waals surface area contributed by atoms with Crippen molar-refractivity contribution in [3.05, 3.63) is 76.7 Å². The zero-order valence-corrected chi connectivity index (χ0v) is 16.3. The number of aryl methyl sites for hydroxylation is 3. The Morgan fingerprint density at radius 2 is 1.71 bits per heavy atom. The minimum absolute atomic E-state index is 0.0266. The lowest BCUT2D eigenvalue weighted by Crippen LogP contribution is -2.09. The lowest BCUT2D eigenvalue weighted by molar-refractivity contribution is -0.145. The van der Waals surface area contributed by atoms with Crippen molar-refractivity contribution in [2.75, 3.05) is 0 Å². The van der Waals surface area contributed by atoms with Gasteiger partial charge in [0.2, 0.25) is 5.89 Å². The summed E-state index contributed by atoms with van der Waals surface area (Å²) in [6.07, 6.45) is 0.155. The molecule has 0 aliphatic carbocycles. The molecule has 3 aromatic rings. The monoisotopic (exact) mass is 377 g/mol. The molecule has 5 nitrogen and oxygen atoms in total. The van der Waals surface area contributed by atoms with Gasteiger partial charge in [0, 0.05) is 17.5 Å². The summed E-state index contributed by atoms with van der Waals surface area (Å²) >= 11 is 0. The summed E-state index contributed by atoms with van der Waals surface area (Å²) in [7, 11) is 0. The number of carbonyl (C=O) groups is 2. The van der Waals surface area contributed by atoms with E-state index in [1.54, 1.807) is 13.0 Å². The fourth-order valence-electron chi connectivity index (χ4n) is 2.76. The number of Topliss-reactive ketones (excluding diaryl/α,β-unsaturated/α-hetero) is 1. The van der Waals surface area contributed by atoms with Crippen LogP contribution in [0.25, 0.3) is 11.5 Å². The second-order valence-electron chi connectivity index (χ2n) is 6.77. The van der Waals surface area contributed by atoms with E-state index in [-0.39, 0.29) is 25.2 Å². The molecule has 0 fully saturated rings. The summed E-state index contributed by atoms with van der Waals surface area (Å²) in [4.78, 5) is 28.7. The highest BCUT2D eigenvalue weighted by Crippen LogP contribution is 2.22. The lowest BCUT2D eigenvalue weighted by Gasteiger charge is -2.05. The van der Waals surface area contributed by atoms with Gasteiger partial charge in [0.1, 0.15) is 18.1 Å². The molecule has 0 spiro atoms. The van der Waals surface area contributed by atoms with Crippen LogP contribution in [0.15, 0.2) is 52.9 Å². The number of hydrogen-bond acceptors (Lipinski definition) is 5. The van der Waals surface area contributed by atoms with Gasteiger partial charge in [-0.15, -0.1) is 0 Å². The maximum Gasteiger partial charge on any atom is 0.306 e.